The van der Waals surface area contributed by atoms with Crippen molar-refractivity contribution in [2.75, 3.05) is 19.8 Å². The van der Waals surface area contributed by atoms with Crippen LogP contribution < -0.4 is 5.32 Å². The van der Waals surface area contributed by atoms with E-state index in [0.29, 0.717) is 31.2 Å². The number of hydrogen-bond acceptors (Lipinski definition) is 3. The van der Waals surface area contributed by atoms with Gasteiger partial charge in [0.05, 0.1) is 30.8 Å². The Bertz CT molecular complexity index is 791. The number of carbonyl (C=O) groups excluding carboxylic acids is 1. The Morgan fingerprint density at radius 2 is 2.12 bits per heavy atom. The molecule has 0 radical (unpaired) electrons. The maximum Gasteiger partial charge on any atom is 0.253 e. The minimum atomic E-state index is -0.841. The Morgan fingerprint density at radius 3 is 2.80 bits per heavy atom. The van der Waals surface area contributed by atoms with Gasteiger partial charge < -0.3 is 19.7 Å². The molecule has 1 aromatic carbocycles. The molecule has 1 amide bonds. The maximum atomic E-state index is 12.8. The van der Waals surface area contributed by atoms with E-state index in [-0.39, 0.29) is 5.91 Å². The minimum absolute atomic E-state index is 0.0422. The van der Waals surface area contributed by atoms with Gasteiger partial charge in [-0.3, -0.25) is 4.79 Å². The molecule has 2 aliphatic rings. The van der Waals surface area contributed by atoms with Gasteiger partial charge >= 0.3 is 0 Å². The van der Waals surface area contributed by atoms with Gasteiger partial charge in [0.15, 0.2) is 0 Å². The van der Waals surface area contributed by atoms with Crippen LogP contribution in [0.3, 0.4) is 0 Å². The number of ether oxygens (including phenoxy) is 1. The SMILES string of the molecule is O=C(NCC1CCCC1)c1cn(CC2(O)COC2)c2cccc(Br)c12. The number of aromatic nitrogens is 1. The van der Waals surface area contributed by atoms with Crippen LogP contribution in [0, 0.1) is 5.92 Å². The molecule has 0 unspecified atom stereocenters. The first kappa shape index (κ1) is 17.1. The van der Waals surface area contributed by atoms with Crippen LogP contribution in [0.15, 0.2) is 28.9 Å². The highest BCUT2D eigenvalue weighted by Gasteiger charge is 2.37. The molecule has 0 spiro atoms. The summed E-state index contributed by atoms with van der Waals surface area (Å²) < 4.78 is 8.00. The van der Waals surface area contributed by atoms with Crippen molar-refractivity contribution in [3.63, 3.8) is 0 Å². The predicted octanol–water partition coefficient (Wildman–Crippen LogP) is 3.09. The molecule has 2 fully saturated rings. The van der Waals surface area contributed by atoms with Crippen LogP contribution in [0.4, 0.5) is 0 Å². The van der Waals surface area contributed by atoms with Gasteiger partial charge in [-0.2, -0.15) is 0 Å². The second-order valence-electron chi connectivity index (χ2n) is 7.38. The smallest absolute Gasteiger partial charge is 0.253 e. The molecule has 134 valence electrons. The van der Waals surface area contributed by atoms with Gasteiger partial charge in [-0.05, 0) is 30.9 Å². The Labute approximate surface area is 155 Å². The highest BCUT2D eigenvalue weighted by atomic mass is 79.9. The third-order valence-corrected chi connectivity index (χ3v) is 5.99. The van der Waals surface area contributed by atoms with Crippen molar-refractivity contribution in [3.8, 4) is 0 Å². The average molecular weight is 407 g/mol. The quantitative estimate of drug-likeness (QED) is 0.801. The fourth-order valence-electron chi connectivity index (χ4n) is 3.90. The van der Waals surface area contributed by atoms with Crippen molar-refractivity contribution in [1.29, 1.82) is 0 Å². The third-order valence-electron chi connectivity index (χ3n) is 5.33. The molecule has 1 aromatic heterocycles. The third kappa shape index (κ3) is 3.35. The van der Waals surface area contributed by atoms with Crippen molar-refractivity contribution in [2.24, 2.45) is 5.92 Å². The molecule has 25 heavy (non-hydrogen) atoms. The predicted molar refractivity (Wildman–Crippen MR) is 99.7 cm³/mol. The number of rotatable bonds is 5. The molecule has 1 aliphatic carbocycles. The molecule has 2 N–H and O–H groups in total. The first-order valence-electron chi connectivity index (χ1n) is 8.91. The number of fused-ring (bicyclic) bond motifs is 1. The number of benzene rings is 1. The molecule has 2 heterocycles. The number of carbonyl (C=O) groups is 1. The molecule has 0 bridgehead atoms. The number of nitrogens with zero attached hydrogens (tertiary/aromatic N) is 1. The lowest BCUT2D eigenvalue weighted by Gasteiger charge is -2.36. The monoisotopic (exact) mass is 406 g/mol. The number of aliphatic hydroxyl groups is 1. The molecular formula is C19H23BrN2O3. The first-order chi connectivity index (χ1) is 12.1. The van der Waals surface area contributed by atoms with Gasteiger partial charge in [-0.15, -0.1) is 0 Å². The summed E-state index contributed by atoms with van der Waals surface area (Å²) in [5, 5.41) is 14.4. The van der Waals surface area contributed by atoms with Gasteiger partial charge in [-0.1, -0.05) is 34.8 Å². The van der Waals surface area contributed by atoms with Crippen LogP contribution in [0.2, 0.25) is 0 Å². The lowest BCUT2D eigenvalue weighted by Crippen LogP contribution is -2.52. The highest BCUT2D eigenvalue weighted by Crippen LogP contribution is 2.31. The maximum absolute atomic E-state index is 12.8. The second kappa shape index (κ2) is 6.74. The van der Waals surface area contributed by atoms with Gasteiger partial charge in [0.2, 0.25) is 0 Å². The molecule has 2 aromatic rings. The molecule has 4 rings (SSSR count). The van der Waals surface area contributed by atoms with E-state index in [4.69, 9.17) is 4.74 Å². The van der Waals surface area contributed by atoms with E-state index in [1.165, 1.54) is 25.7 Å². The Hall–Kier alpha value is -1.37. The lowest BCUT2D eigenvalue weighted by atomic mass is 10.0. The first-order valence-corrected chi connectivity index (χ1v) is 9.71. The number of hydrogen-bond donors (Lipinski definition) is 2. The van der Waals surface area contributed by atoms with E-state index in [9.17, 15) is 9.90 Å². The number of amides is 1. The average Bonchev–Trinajstić information content (AvgIpc) is 3.20. The zero-order valence-electron chi connectivity index (χ0n) is 14.1. The highest BCUT2D eigenvalue weighted by molar-refractivity contribution is 9.10. The van der Waals surface area contributed by atoms with Crippen LogP contribution in [0.5, 0.6) is 0 Å². The summed E-state index contributed by atoms with van der Waals surface area (Å²) in [7, 11) is 0. The molecule has 1 aliphatic heterocycles. The summed E-state index contributed by atoms with van der Waals surface area (Å²) in [6.07, 6.45) is 6.81. The fraction of sp³-hybridized carbons (Fsp3) is 0.526. The summed E-state index contributed by atoms with van der Waals surface area (Å²) in [5.41, 5.74) is 0.760. The van der Waals surface area contributed by atoms with Crippen molar-refractivity contribution < 1.29 is 14.6 Å². The number of halogens is 1. The van der Waals surface area contributed by atoms with E-state index in [1.54, 1.807) is 0 Å². The molecular weight excluding hydrogens is 384 g/mol. The lowest BCUT2D eigenvalue weighted by molar-refractivity contribution is -0.184. The summed E-state index contributed by atoms with van der Waals surface area (Å²) in [5.74, 6) is 0.563. The van der Waals surface area contributed by atoms with Crippen LogP contribution in [-0.4, -0.2) is 40.9 Å². The van der Waals surface area contributed by atoms with Crippen LogP contribution in [0.25, 0.3) is 10.9 Å². The largest absolute Gasteiger partial charge is 0.383 e. The zero-order valence-corrected chi connectivity index (χ0v) is 15.7. The molecule has 6 heteroatoms. The summed E-state index contributed by atoms with van der Waals surface area (Å²) in [4.78, 5) is 12.8. The molecule has 1 saturated heterocycles. The van der Waals surface area contributed by atoms with E-state index in [2.05, 4.69) is 21.2 Å². The van der Waals surface area contributed by atoms with Gasteiger partial charge in [0.1, 0.15) is 5.60 Å². The van der Waals surface area contributed by atoms with E-state index >= 15 is 0 Å². The normalized spacial score (nSPS) is 19.9. The Kier molecular flexibility index (Phi) is 4.60. The molecule has 0 atom stereocenters. The van der Waals surface area contributed by atoms with Crippen LogP contribution in [-0.2, 0) is 11.3 Å². The molecule has 5 nitrogen and oxygen atoms in total. The standard InChI is InChI=1S/C19H23BrN2O3/c20-15-6-3-7-16-17(15)14(9-22(16)10-19(24)11-25-12-19)18(23)21-8-13-4-1-2-5-13/h3,6-7,9,13,24H,1-2,4-5,8,10-12H2,(H,21,23). The fourth-order valence-corrected chi connectivity index (χ4v) is 4.47. The topological polar surface area (TPSA) is 63.5 Å². The van der Waals surface area contributed by atoms with Crippen molar-refractivity contribution in [1.82, 2.24) is 9.88 Å². The minimum Gasteiger partial charge on any atom is -0.383 e. The van der Waals surface area contributed by atoms with Crippen LogP contribution in [0.1, 0.15) is 36.0 Å². The summed E-state index contributed by atoms with van der Waals surface area (Å²) in [6, 6.07) is 5.88. The van der Waals surface area contributed by atoms with E-state index in [1.807, 2.05) is 29.0 Å². The van der Waals surface area contributed by atoms with Gasteiger partial charge in [0.25, 0.3) is 5.91 Å². The van der Waals surface area contributed by atoms with Gasteiger partial charge in [-0.25, -0.2) is 0 Å². The Balaban J connectivity index is 1.61. The van der Waals surface area contributed by atoms with Crippen LogP contribution >= 0.6 is 15.9 Å². The van der Waals surface area contributed by atoms with Crippen molar-refractivity contribution in [3.05, 3.63) is 34.4 Å². The second-order valence-corrected chi connectivity index (χ2v) is 8.24. The van der Waals surface area contributed by atoms with Crippen molar-refractivity contribution >= 4 is 32.7 Å². The zero-order chi connectivity index (χ0) is 17.4. The van der Waals surface area contributed by atoms with Crippen molar-refractivity contribution in [2.45, 2.75) is 37.8 Å². The Morgan fingerprint density at radius 1 is 1.36 bits per heavy atom. The summed E-state index contributed by atoms with van der Waals surface area (Å²) >= 11 is 3.58. The summed E-state index contributed by atoms with van der Waals surface area (Å²) in [6.45, 7) is 1.84. The molecule has 1 saturated carbocycles. The van der Waals surface area contributed by atoms with Gasteiger partial charge in [0, 0.05) is 22.6 Å². The van der Waals surface area contributed by atoms with E-state index in [0.717, 1.165) is 21.9 Å². The number of nitrogens with one attached hydrogen (secondary N) is 1. The van der Waals surface area contributed by atoms with E-state index < -0.39 is 5.60 Å².